The summed E-state index contributed by atoms with van der Waals surface area (Å²) < 4.78 is 5.83. The summed E-state index contributed by atoms with van der Waals surface area (Å²) in [6, 6.07) is 10.3. The molecule has 1 fully saturated rings. The highest BCUT2D eigenvalue weighted by Gasteiger charge is 2.30. The van der Waals surface area contributed by atoms with E-state index in [0.29, 0.717) is 18.4 Å². The monoisotopic (exact) mass is 299 g/mol. The number of ether oxygens (including phenoxy) is 1. The predicted octanol–water partition coefficient (Wildman–Crippen LogP) is 3.41. The summed E-state index contributed by atoms with van der Waals surface area (Å²) in [5.41, 5.74) is 1.21. The zero-order valence-electron chi connectivity index (χ0n) is 13.1. The van der Waals surface area contributed by atoms with Crippen molar-refractivity contribution in [2.45, 2.75) is 32.3 Å². The van der Waals surface area contributed by atoms with Crippen molar-refractivity contribution in [2.24, 2.45) is 11.8 Å². The Balaban J connectivity index is 1.40. The van der Waals surface area contributed by atoms with E-state index in [0.717, 1.165) is 45.4 Å². The molecule has 1 aliphatic heterocycles. The van der Waals surface area contributed by atoms with Crippen molar-refractivity contribution >= 4 is 5.91 Å². The SMILES string of the molecule is O=C([C@@H]1CC=CCC1)N1CC[C@H](COCc2ccccc2)C1. The van der Waals surface area contributed by atoms with Gasteiger partial charge in [-0.1, -0.05) is 42.5 Å². The van der Waals surface area contributed by atoms with E-state index in [1.165, 1.54) is 5.56 Å². The van der Waals surface area contributed by atoms with Gasteiger partial charge < -0.3 is 9.64 Å². The zero-order chi connectivity index (χ0) is 15.2. The maximum atomic E-state index is 12.5. The van der Waals surface area contributed by atoms with E-state index in [4.69, 9.17) is 4.74 Å². The lowest BCUT2D eigenvalue weighted by Gasteiger charge is -2.24. The van der Waals surface area contributed by atoms with Gasteiger partial charge in [0.2, 0.25) is 5.91 Å². The number of hydrogen-bond donors (Lipinski definition) is 0. The second-order valence-electron chi connectivity index (χ2n) is 6.42. The fourth-order valence-electron chi connectivity index (χ4n) is 3.36. The molecule has 2 aliphatic rings. The van der Waals surface area contributed by atoms with Crippen LogP contribution in [0.3, 0.4) is 0 Å². The summed E-state index contributed by atoms with van der Waals surface area (Å²) in [4.78, 5) is 14.5. The van der Waals surface area contributed by atoms with Crippen LogP contribution < -0.4 is 0 Å². The molecule has 1 aromatic carbocycles. The molecule has 1 amide bonds. The molecule has 1 aromatic rings. The molecule has 2 atom stereocenters. The summed E-state index contributed by atoms with van der Waals surface area (Å²) in [7, 11) is 0. The number of likely N-dealkylation sites (tertiary alicyclic amines) is 1. The van der Waals surface area contributed by atoms with E-state index in [1.54, 1.807) is 0 Å². The van der Waals surface area contributed by atoms with Crippen molar-refractivity contribution in [1.82, 2.24) is 4.90 Å². The van der Waals surface area contributed by atoms with Gasteiger partial charge in [-0.05, 0) is 31.2 Å². The average molecular weight is 299 g/mol. The minimum absolute atomic E-state index is 0.217. The van der Waals surface area contributed by atoms with E-state index in [-0.39, 0.29) is 5.92 Å². The van der Waals surface area contributed by atoms with Crippen LogP contribution >= 0.6 is 0 Å². The second kappa shape index (κ2) is 7.59. The Bertz CT molecular complexity index is 511. The Hall–Kier alpha value is -1.61. The van der Waals surface area contributed by atoms with Crippen LogP contribution in [0.5, 0.6) is 0 Å². The Morgan fingerprint density at radius 2 is 2.05 bits per heavy atom. The molecular formula is C19H25NO2. The molecule has 1 heterocycles. The van der Waals surface area contributed by atoms with Gasteiger partial charge in [0.05, 0.1) is 13.2 Å². The fourth-order valence-corrected chi connectivity index (χ4v) is 3.36. The van der Waals surface area contributed by atoms with Gasteiger partial charge in [0, 0.05) is 24.9 Å². The molecule has 118 valence electrons. The molecule has 0 unspecified atom stereocenters. The lowest BCUT2D eigenvalue weighted by Crippen LogP contribution is -2.35. The lowest BCUT2D eigenvalue weighted by molar-refractivity contribution is -0.134. The molecule has 0 aromatic heterocycles. The molecule has 22 heavy (non-hydrogen) atoms. The van der Waals surface area contributed by atoms with Crippen LogP contribution in [0.2, 0.25) is 0 Å². The van der Waals surface area contributed by atoms with Gasteiger partial charge in [-0.25, -0.2) is 0 Å². The Kier molecular flexibility index (Phi) is 5.28. The van der Waals surface area contributed by atoms with Crippen LogP contribution in [0.4, 0.5) is 0 Å². The van der Waals surface area contributed by atoms with Crippen LogP contribution in [-0.2, 0) is 16.1 Å². The average Bonchev–Trinajstić information content (AvgIpc) is 3.05. The molecular weight excluding hydrogens is 274 g/mol. The van der Waals surface area contributed by atoms with E-state index < -0.39 is 0 Å². The second-order valence-corrected chi connectivity index (χ2v) is 6.42. The third-order valence-electron chi connectivity index (χ3n) is 4.68. The van der Waals surface area contributed by atoms with Crippen molar-refractivity contribution in [3.8, 4) is 0 Å². The molecule has 3 nitrogen and oxygen atoms in total. The first kappa shape index (κ1) is 15.3. The number of hydrogen-bond acceptors (Lipinski definition) is 2. The molecule has 1 saturated heterocycles. The van der Waals surface area contributed by atoms with E-state index in [9.17, 15) is 4.79 Å². The van der Waals surface area contributed by atoms with Gasteiger partial charge >= 0.3 is 0 Å². The Morgan fingerprint density at radius 1 is 1.18 bits per heavy atom. The lowest BCUT2D eigenvalue weighted by atomic mass is 9.93. The van der Waals surface area contributed by atoms with Crippen molar-refractivity contribution < 1.29 is 9.53 Å². The molecule has 0 bridgehead atoms. The van der Waals surface area contributed by atoms with Crippen LogP contribution in [0.25, 0.3) is 0 Å². The van der Waals surface area contributed by atoms with Gasteiger partial charge in [0.25, 0.3) is 0 Å². The first-order valence-corrected chi connectivity index (χ1v) is 8.38. The molecule has 3 heteroatoms. The molecule has 0 N–H and O–H groups in total. The van der Waals surface area contributed by atoms with Crippen molar-refractivity contribution in [3.63, 3.8) is 0 Å². The van der Waals surface area contributed by atoms with Gasteiger partial charge in [-0.2, -0.15) is 0 Å². The summed E-state index contributed by atoms with van der Waals surface area (Å²) in [5.74, 6) is 1.07. The van der Waals surface area contributed by atoms with Crippen LogP contribution in [0.1, 0.15) is 31.2 Å². The molecule has 0 radical (unpaired) electrons. The molecule has 0 spiro atoms. The highest BCUT2D eigenvalue weighted by molar-refractivity contribution is 5.79. The van der Waals surface area contributed by atoms with Gasteiger partial charge in [-0.15, -0.1) is 0 Å². The number of allylic oxidation sites excluding steroid dienone is 2. The first-order chi connectivity index (χ1) is 10.8. The number of carbonyl (C=O) groups is 1. The highest BCUT2D eigenvalue weighted by Crippen LogP contribution is 2.25. The Labute approximate surface area is 133 Å². The predicted molar refractivity (Wildman–Crippen MR) is 87.3 cm³/mol. The Morgan fingerprint density at radius 3 is 2.82 bits per heavy atom. The number of benzene rings is 1. The van der Waals surface area contributed by atoms with Crippen LogP contribution in [0.15, 0.2) is 42.5 Å². The smallest absolute Gasteiger partial charge is 0.226 e. The largest absolute Gasteiger partial charge is 0.376 e. The quantitative estimate of drug-likeness (QED) is 0.780. The summed E-state index contributed by atoms with van der Waals surface area (Å²) in [5, 5.41) is 0. The van der Waals surface area contributed by atoms with Gasteiger partial charge in [0.1, 0.15) is 0 Å². The molecule has 3 rings (SSSR count). The zero-order valence-corrected chi connectivity index (χ0v) is 13.1. The fraction of sp³-hybridized carbons (Fsp3) is 0.526. The standard InChI is InChI=1S/C19H25NO2/c21-19(18-9-5-2-6-10-18)20-12-11-17(13-20)15-22-14-16-7-3-1-4-8-16/h1-5,7-8,17-18H,6,9-15H2/t17-,18+/m0/s1. The minimum Gasteiger partial charge on any atom is -0.376 e. The van der Waals surface area contributed by atoms with E-state index in [2.05, 4.69) is 29.2 Å². The molecule has 0 saturated carbocycles. The van der Waals surface area contributed by atoms with Crippen LogP contribution in [-0.4, -0.2) is 30.5 Å². The summed E-state index contributed by atoms with van der Waals surface area (Å²) >= 11 is 0. The van der Waals surface area contributed by atoms with Crippen molar-refractivity contribution in [1.29, 1.82) is 0 Å². The number of amides is 1. The van der Waals surface area contributed by atoms with E-state index in [1.807, 2.05) is 18.2 Å². The van der Waals surface area contributed by atoms with Gasteiger partial charge in [0.15, 0.2) is 0 Å². The number of rotatable bonds is 5. The number of carbonyl (C=O) groups excluding carboxylic acids is 1. The van der Waals surface area contributed by atoms with Crippen LogP contribution in [0, 0.1) is 11.8 Å². The first-order valence-electron chi connectivity index (χ1n) is 8.38. The summed E-state index contributed by atoms with van der Waals surface area (Å²) in [6.07, 6.45) is 8.40. The summed E-state index contributed by atoms with van der Waals surface area (Å²) in [6.45, 7) is 3.19. The maximum Gasteiger partial charge on any atom is 0.226 e. The topological polar surface area (TPSA) is 29.5 Å². The highest BCUT2D eigenvalue weighted by atomic mass is 16.5. The third kappa shape index (κ3) is 3.98. The maximum absolute atomic E-state index is 12.5. The van der Waals surface area contributed by atoms with Crippen molar-refractivity contribution in [2.75, 3.05) is 19.7 Å². The third-order valence-corrected chi connectivity index (χ3v) is 4.68. The number of nitrogens with zero attached hydrogens (tertiary/aromatic N) is 1. The normalized spacial score (nSPS) is 24.6. The van der Waals surface area contributed by atoms with Gasteiger partial charge in [-0.3, -0.25) is 4.79 Å². The van der Waals surface area contributed by atoms with E-state index >= 15 is 0 Å². The molecule has 1 aliphatic carbocycles. The minimum atomic E-state index is 0.217. The van der Waals surface area contributed by atoms with Crippen molar-refractivity contribution in [3.05, 3.63) is 48.0 Å².